The molecule has 94 valence electrons. The van der Waals surface area contributed by atoms with E-state index in [0.717, 1.165) is 32.5 Å². The molecule has 3 heteroatoms. The van der Waals surface area contributed by atoms with Gasteiger partial charge in [-0.05, 0) is 37.3 Å². The first kappa shape index (κ1) is 13.5. The first-order valence-corrected chi connectivity index (χ1v) is 6.39. The molecule has 0 bridgehead atoms. The van der Waals surface area contributed by atoms with Crippen molar-refractivity contribution in [1.29, 1.82) is 0 Å². The lowest BCUT2D eigenvalue weighted by atomic mass is 9.82. The van der Waals surface area contributed by atoms with E-state index in [9.17, 15) is 4.79 Å². The fourth-order valence-corrected chi connectivity index (χ4v) is 1.79. The van der Waals surface area contributed by atoms with E-state index >= 15 is 0 Å². The Labute approximate surface area is 99.4 Å². The number of piperidine rings is 1. The van der Waals surface area contributed by atoms with Crippen LogP contribution < -0.4 is 10.6 Å². The molecule has 0 aromatic heterocycles. The molecule has 1 saturated heterocycles. The molecule has 0 aromatic carbocycles. The molecule has 0 saturated carbocycles. The third-order valence-corrected chi connectivity index (χ3v) is 3.77. The van der Waals surface area contributed by atoms with E-state index in [1.807, 2.05) is 0 Å². The molecule has 1 heterocycles. The Kier molecular flexibility index (Phi) is 4.78. The molecule has 0 aliphatic carbocycles. The maximum absolute atomic E-state index is 11.9. The highest BCUT2D eigenvalue weighted by molar-refractivity contribution is 5.78. The van der Waals surface area contributed by atoms with Crippen molar-refractivity contribution in [2.45, 2.75) is 40.5 Å². The van der Waals surface area contributed by atoms with Gasteiger partial charge in [-0.25, -0.2) is 0 Å². The number of carbonyl (C=O) groups excluding carboxylic acids is 1. The molecule has 1 unspecified atom stereocenters. The van der Waals surface area contributed by atoms with Gasteiger partial charge in [-0.15, -0.1) is 0 Å². The first-order chi connectivity index (χ1) is 7.41. The number of rotatable bonds is 3. The van der Waals surface area contributed by atoms with Crippen LogP contribution in [0.2, 0.25) is 0 Å². The smallest absolute Gasteiger partial charge is 0.223 e. The van der Waals surface area contributed by atoms with Crippen molar-refractivity contribution in [3.05, 3.63) is 0 Å². The lowest BCUT2D eigenvalue weighted by Gasteiger charge is -2.28. The molecule has 0 radical (unpaired) electrons. The molecule has 1 aliphatic rings. The normalized spacial score (nSPS) is 20.5. The number of amides is 1. The van der Waals surface area contributed by atoms with Crippen LogP contribution in [0.4, 0.5) is 0 Å². The minimum Gasteiger partial charge on any atom is -0.356 e. The average Bonchev–Trinajstić information content (AvgIpc) is 2.25. The maximum Gasteiger partial charge on any atom is 0.223 e. The lowest BCUT2D eigenvalue weighted by molar-refractivity contribution is -0.126. The Balaban J connectivity index is 2.29. The number of carbonyl (C=O) groups is 1. The van der Waals surface area contributed by atoms with E-state index in [0.29, 0.717) is 5.92 Å². The molecule has 1 rings (SSSR count). The summed E-state index contributed by atoms with van der Waals surface area (Å²) in [5.74, 6) is 0.990. The quantitative estimate of drug-likeness (QED) is 0.770. The zero-order chi connectivity index (χ0) is 12.2. The Bertz CT molecular complexity index is 227. The van der Waals surface area contributed by atoms with E-state index < -0.39 is 0 Å². The molecule has 2 N–H and O–H groups in total. The Morgan fingerprint density at radius 2 is 1.94 bits per heavy atom. The van der Waals surface area contributed by atoms with Crippen molar-refractivity contribution in [3.63, 3.8) is 0 Å². The summed E-state index contributed by atoms with van der Waals surface area (Å²) in [4.78, 5) is 11.9. The van der Waals surface area contributed by atoms with Crippen LogP contribution in [-0.4, -0.2) is 25.5 Å². The van der Waals surface area contributed by atoms with Gasteiger partial charge >= 0.3 is 0 Å². The number of hydrogen-bond donors (Lipinski definition) is 2. The van der Waals surface area contributed by atoms with E-state index in [1.54, 1.807) is 0 Å². The highest BCUT2D eigenvalue weighted by Gasteiger charge is 2.24. The largest absolute Gasteiger partial charge is 0.356 e. The van der Waals surface area contributed by atoms with Crippen LogP contribution in [0.3, 0.4) is 0 Å². The summed E-state index contributed by atoms with van der Waals surface area (Å²) in [7, 11) is 0. The predicted octanol–water partition coefficient (Wildman–Crippen LogP) is 1.78. The van der Waals surface area contributed by atoms with Crippen LogP contribution in [0.25, 0.3) is 0 Å². The van der Waals surface area contributed by atoms with Gasteiger partial charge in [0.1, 0.15) is 0 Å². The van der Waals surface area contributed by atoms with Gasteiger partial charge in [-0.2, -0.15) is 0 Å². The van der Waals surface area contributed by atoms with Gasteiger partial charge in [0.15, 0.2) is 0 Å². The van der Waals surface area contributed by atoms with Crippen molar-refractivity contribution in [3.8, 4) is 0 Å². The SMILES string of the molecule is CC(CNC(=O)C1CCNCC1)C(C)(C)C. The fourth-order valence-electron chi connectivity index (χ4n) is 1.79. The van der Waals surface area contributed by atoms with Crippen molar-refractivity contribution < 1.29 is 4.79 Å². The van der Waals surface area contributed by atoms with Crippen LogP contribution in [0, 0.1) is 17.3 Å². The lowest BCUT2D eigenvalue weighted by Crippen LogP contribution is -2.41. The second kappa shape index (κ2) is 5.67. The van der Waals surface area contributed by atoms with Gasteiger partial charge in [0.05, 0.1) is 0 Å². The van der Waals surface area contributed by atoms with Gasteiger partial charge in [0, 0.05) is 12.5 Å². The highest BCUT2D eigenvalue weighted by atomic mass is 16.1. The molecule has 1 fully saturated rings. The summed E-state index contributed by atoms with van der Waals surface area (Å²) in [5, 5.41) is 6.37. The second-order valence-corrected chi connectivity index (χ2v) is 6.04. The fraction of sp³-hybridized carbons (Fsp3) is 0.923. The number of nitrogens with one attached hydrogen (secondary N) is 2. The molecule has 1 aliphatic heterocycles. The molecule has 0 spiro atoms. The first-order valence-electron chi connectivity index (χ1n) is 6.39. The zero-order valence-corrected chi connectivity index (χ0v) is 11.1. The van der Waals surface area contributed by atoms with Crippen molar-refractivity contribution in [1.82, 2.24) is 10.6 Å². The monoisotopic (exact) mass is 226 g/mol. The zero-order valence-electron chi connectivity index (χ0n) is 11.1. The molecular weight excluding hydrogens is 200 g/mol. The number of hydrogen-bond acceptors (Lipinski definition) is 2. The summed E-state index contributed by atoms with van der Waals surface area (Å²) in [6.45, 7) is 11.6. The van der Waals surface area contributed by atoms with Crippen LogP contribution in [0.15, 0.2) is 0 Å². The third kappa shape index (κ3) is 4.12. The Morgan fingerprint density at radius 1 is 1.38 bits per heavy atom. The van der Waals surface area contributed by atoms with Gasteiger partial charge < -0.3 is 10.6 Å². The summed E-state index contributed by atoms with van der Waals surface area (Å²) in [6.07, 6.45) is 1.96. The standard InChI is InChI=1S/C13H26N2O/c1-10(13(2,3)4)9-15-12(16)11-5-7-14-8-6-11/h10-11,14H,5-9H2,1-4H3,(H,15,16). The van der Waals surface area contributed by atoms with Crippen molar-refractivity contribution in [2.24, 2.45) is 17.3 Å². The topological polar surface area (TPSA) is 41.1 Å². The van der Waals surface area contributed by atoms with Crippen molar-refractivity contribution in [2.75, 3.05) is 19.6 Å². The summed E-state index contributed by atoms with van der Waals surface area (Å²) >= 11 is 0. The molecule has 1 amide bonds. The third-order valence-electron chi connectivity index (χ3n) is 3.77. The minimum atomic E-state index is 0.230. The molecule has 3 nitrogen and oxygen atoms in total. The van der Waals surface area contributed by atoms with Crippen LogP contribution in [0.1, 0.15) is 40.5 Å². The van der Waals surface area contributed by atoms with Gasteiger partial charge in [-0.1, -0.05) is 27.7 Å². The molecule has 0 aromatic rings. The molecule has 1 atom stereocenters. The van der Waals surface area contributed by atoms with Crippen LogP contribution in [0.5, 0.6) is 0 Å². The minimum absolute atomic E-state index is 0.230. The van der Waals surface area contributed by atoms with E-state index in [1.165, 1.54) is 0 Å². The van der Waals surface area contributed by atoms with Crippen LogP contribution in [-0.2, 0) is 4.79 Å². The summed E-state index contributed by atoms with van der Waals surface area (Å²) in [5.41, 5.74) is 0.265. The second-order valence-electron chi connectivity index (χ2n) is 6.04. The van der Waals surface area contributed by atoms with Crippen LogP contribution >= 0.6 is 0 Å². The van der Waals surface area contributed by atoms with E-state index in [2.05, 4.69) is 38.3 Å². The predicted molar refractivity (Wildman–Crippen MR) is 67.2 cm³/mol. The summed E-state index contributed by atoms with van der Waals surface area (Å²) < 4.78 is 0. The van der Waals surface area contributed by atoms with Gasteiger partial charge in [-0.3, -0.25) is 4.79 Å². The van der Waals surface area contributed by atoms with E-state index in [-0.39, 0.29) is 17.2 Å². The van der Waals surface area contributed by atoms with E-state index in [4.69, 9.17) is 0 Å². The average molecular weight is 226 g/mol. The van der Waals surface area contributed by atoms with Crippen molar-refractivity contribution >= 4 is 5.91 Å². The maximum atomic E-state index is 11.9. The Hall–Kier alpha value is -0.570. The highest BCUT2D eigenvalue weighted by Crippen LogP contribution is 2.24. The van der Waals surface area contributed by atoms with Gasteiger partial charge in [0.2, 0.25) is 5.91 Å². The Morgan fingerprint density at radius 3 is 2.44 bits per heavy atom. The molecular formula is C13H26N2O. The van der Waals surface area contributed by atoms with Gasteiger partial charge in [0.25, 0.3) is 0 Å². The molecule has 16 heavy (non-hydrogen) atoms. The summed E-state index contributed by atoms with van der Waals surface area (Å²) in [6, 6.07) is 0.